The zero-order chi connectivity index (χ0) is 19.1. The average molecular weight is 377 g/mol. The number of nitrogens with one attached hydrogen (secondary N) is 2. The summed E-state index contributed by atoms with van der Waals surface area (Å²) in [6, 6.07) is 14.1. The van der Waals surface area contributed by atoms with Gasteiger partial charge in [0.2, 0.25) is 0 Å². The van der Waals surface area contributed by atoms with Crippen molar-refractivity contribution in [3.8, 4) is 17.2 Å². The van der Waals surface area contributed by atoms with Crippen molar-refractivity contribution in [2.45, 2.75) is 19.3 Å². The molecule has 0 aliphatic carbocycles. The molecule has 1 atom stereocenters. The summed E-state index contributed by atoms with van der Waals surface area (Å²) in [4.78, 5) is 4.13. The third-order valence-corrected chi connectivity index (χ3v) is 3.92. The molecule has 1 unspecified atom stereocenters. The molecule has 0 aromatic heterocycles. The number of rotatable bonds is 6. The van der Waals surface area contributed by atoms with Gasteiger partial charge in [-0.15, -0.1) is 0 Å². The van der Waals surface area contributed by atoms with E-state index in [0.717, 1.165) is 5.75 Å². The minimum absolute atomic E-state index is 0.135. The van der Waals surface area contributed by atoms with Crippen LogP contribution in [-0.4, -0.2) is 38.9 Å². The Bertz CT molecular complexity index is 786. The number of hydrogen-bond donors (Lipinski definition) is 2. The number of nitrogens with zero attached hydrogens (tertiary/aromatic N) is 1. The zero-order valence-corrected chi connectivity index (χ0v) is 14.8. The lowest BCUT2D eigenvalue weighted by atomic mass is 10.2. The Kier molecular flexibility index (Phi) is 6.30. The van der Waals surface area contributed by atoms with Crippen molar-refractivity contribution in [1.82, 2.24) is 10.6 Å². The average Bonchev–Trinajstić information content (AvgIpc) is 2.68. The summed E-state index contributed by atoms with van der Waals surface area (Å²) in [6.45, 7) is -1.68. The number of alkyl halides is 2. The molecule has 0 spiro atoms. The lowest BCUT2D eigenvalue weighted by molar-refractivity contribution is -0.0504. The van der Waals surface area contributed by atoms with Crippen LogP contribution in [0.15, 0.2) is 53.5 Å². The van der Waals surface area contributed by atoms with Gasteiger partial charge in [0, 0.05) is 19.2 Å². The topological polar surface area (TPSA) is 64.1 Å². The monoisotopic (exact) mass is 377 g/mol. The first-order chi connectivity index (χ1) is 13.2. The van der Waals surface area contributed by atoms with Crippen molar-refractivity contribution in [2.75, 3.05) is 20.2 Å². The number of guanidine groups is 1. The van der Waals surface area contributed by atoms with Crippen LogP contribution in [0.2, 0.25) is 0 Å². The number of para-hydroxylation sites is 3. The van der Waals surface area contributed by atoms with E-state index in [2.05, 4.69) is 20.4 Å². The summed E-state index contributed by atoms with van der Waals surface area (Å²) < 4.78 is 41.1. The van der Waals surface area contributed by atoms with Gasteiger partial charge in [0.1, 0.15) is 18.5 Å². The normalized spacial score (nSPS) is 16.1. The molecule has 1 aliphatic rings. The molecule has 2 aromatic rings. The lowest BCUT2D eigenvalue weighted by Crippen LogP contribution is -2.45. The van der Waals surface area contributed by atoms with E-state index in [0.29, 0.717) is 30.4 Å². The fraction of sp³-hybridized carbons (Fsp3) is 0.316. The van der Waals surface area contributed by atoms with Crippen molar-refractivity contribution in [3.05, 3.63) is 54.1 Å². The molecule has 0 radical (unpaired) electrons. The van der Waals surface area contributed by atoms with Crippen LogP contribution in [0.3, 0.4) is 0 Å². The minimum atomic E-state index is -2.87. The van der Waals surface area contributed by atoms with Gasteiger partial charge in [0.25, 0.3) is 0 Å². The molecule has 1 heterocycles. The molecule has 8 heteroatoms. The second-order valence-electron chi connectivity index (χ2n) is 5.79. The van der Waals surface area contributed by atoms with E-state index in [9.17, 15) is 8.78 Å². The van der Waals surface area contributed by atoms with Gasteiger partial charge in [-0.25, -0.2) is 0 Å². The summed E-state index contributed by atoms with van der Waals surface area (Å²) in [7, 11) is 1.63. The van der Waals surface area contributed by atoms with Crippen molar-refractivity contribution in [2.24, 2.45) is 4.99 Å². The molecule has 0 fully saturated rings. The van der Waals surface area contributed by atoms with Crippen molar-refractivity contribution < 1.29 is 23.0 Å². The number of hydrogen-bond acceptors (Lipinski definition) is 4. The van der Waals surface area contributed by atoms with Crippen LogP contribution in [0.4, 0.5) is 8.78 Å². The fourth-order valence-corrected chi connectivity index (χ4v) is 2.63. The summed E-state index contributed by atoms with van der Waals surface area (Å²) in [6.07, 6.45) is -0.173. The van der Waals surface area contributed by atoms with Crippen LogP contribution >= 0.6 is 0 Å². The summed E-state index contributed by atoms with van der Waals surface area (Å²) >= 11 is 0. The first-order valence-electron chi connectivity index (χ1n) is 8.51. The van der Waals surface area contributed by atoms with Crippen molar-refractivity contribution >= 4 is 5.96 Å². The molecule has 0 saturated carbocycles. The summed E-state index contributed by atoms with van der Waals surface area (Å²) in [5, 5.41) is 6.22. The highest BCUT2D eigenvalue weighted by Crippen LogP contribution is 2.30. The van der Waals surface area contributed by atoms with Crippen LogP contribution < -0.4 is 24.8 Å². The first-order valence-corrected chi connectivity index (χ1v) is 8.51. The van der Waals surface area contributed by atoms with Gasteiger partial charge in [0.15, 0.2) is 17.5 Å². The van der Waals surface area contributed by atoms with E-state index in [4.69, 9.17) is 9.47 Å². The molecular formula is C19H21F2N3O3. The molecule has 2 aromatic carbocycles. The Morgan fingerprint density at radius 2 is 1.89 bits per heavy atom. The number of aliphatic imine (C=N–C) groups is 1. The number of ether oxygens (including phenoxy) is 3. The number of halogens is 2. The highest BCUT2D eigenvalue weighted by molar-refractivity contribution is 5.79. The van der Waals surface area contributed by atoms with Crippen LogP contribution in [0, 0.1) is 0 Å². The summed E-state index contributed by atoms with van der Waals surface area (Å²) in [5.74, 6) is 2.09. The predicted octanol–water partition coefficient (Wildman–Crippen LogP) is 2.79. The zero-order valence-electron chi connectivity index (χ0n) is 14.8. The van der Waals surface area contributed by atoms with Gasteiger partial charge < -0.3 is 24.8 Å². The highest BCUT2D eigenvalue weighted by atomic mass is 19.3. The fourth-order valence-electron chi connectivity index (χ4n) is 2.63. The van der Waals surface area contributed by atoms with Crippen LogP contribution in [0.1, 0.15) is 5.56 Å². The maximum atomic E-state index is 12.5. The van der Waals surface area contributed by atoms with Gasteiger partial charge in [-0.1, -0.05) is 30.3 Å². The SMILES string of the molecule is CN=C(NCc1ccccc1OC(F)F)NCC1COc2ccccc2O1. The Morgan fingerprint density at radius 3 is 2.67 bits per heavy atom. The molecular weight excluding hydrogens is 356 g/mol. The minimum Gasteiger partial charge on any atom is -0.486 e. The maximum absolute atomic E-state index is 12.5. The van der Waals surface area contributed by atoms with Gasteiger partial charge in [-0.2, -0.15) is 8.78 Å². The number of benzene rings is 2. The molecule has 0 bridgehead atoms. The van der Waals surface area contributed by atoms with Crippen molar-refractivity contribution in [3.63, 3.8) is 0 Å². The smallest absolute Gasteiger partial charge is 0.387 e. The Labute approximate surface area is 156 Å². The van der Waals surface area contributed by atoms with E-state index in [1.54, 1.807) is 25.2 Å². The third kappa shape index (κ3) is 5.22. The van der Waals surface area contributed by atoms with Crippen molar-refractivity contribution in [1.29, 1.82) is 0 Å². The van der Waals surface area contributed by atoms with Gasteiger partial charge >= 0.3 is 6.61 Å². The van der Waals surface area contributed by atoms with Gasteiger partial charge in [-0.05, 0) is 18.2 Å². The van der Waals surface area contributed by atoms with Crippen LogP contribution in [0.5, 0.6) is 17.2 Å². The Hall–Kier alpha value is -3.03. The second kappa shape index (κ2) is 9.07. The van der Waals surface area contributed by atoms with E-state index in [1.165, 1.54) is 6.07 Å². The molecule has 2 N–H and O–H groups in total. The molecule has 144 valence electrons. The molecule has 3 rings (SSSR count). The van der Waals surface area contributed by atoms with E-state index < -0.39 is 6.61 Å². The molecule has 0 saturated heterocycles. The number of fused-ring (bicyclic) bond motifs is 1. The summed E-state index contributed by atoms with van der Waals surface area (Å²) in [5.41, 5.74) is 0.604. The third-order valence-electron chi connectivity index (χ3n) is 3.92. The lowest BCUT2D eigenvalue weighted by Gasteiger charge is -2.27. The largest absolute Gasteiger partial charge is 0.486 e. The van der Waals surface area contributed by atoms with Gasteiger partial charge in [0.05, 0.1) is 6.54 Å². The maximum Gasteiger partial charge on any atom is 0.387 e. The molecule has 27 heavy (non-hydrogen) atoms. The predicted molar refractivity (Wildman–Crippen MR) is 97.6 cm³/mol. The quantitative estimate of drug-likeness (QED) is 0.599. The molecule has 0 amide bonds. The van der Waals surface area contributed by atoms with Crippen LogP contribution in [0.25, 0.3) is 0 Å². The van der Waals surface area contributed by atoms with Gasteiger partial charge in [-0.3, -0.25) is 4.99 Å². The highest BCUT2D eigenvalue weighted by Gasteiger charge is 2.20. The van der Waals surface area contributed by atoms with Crippen LogP contribution in [-0.2, 0) is 6.54 Å². The Morgan fingerprint density at radius 1 is 1.15 bits per heavy atom. The first kappa shape index (κ1) is 18.8. The van der Waals surface area contributed by atoms with E-state index in [-0.39, 0.29) is 18.4 Å². The van der Waals surface area contributed by atoms with E-state index in [1.807, 2.05) is 24.3 Å². The standard InChI is InChI=1S/C19H21F2N3O3/c1-22-19(23-10-13-6-2-3-7-15(13)27-18(20)21)24-11-14-12-25-16-8-4-5-9-17(16)26-14/h2-9,14,18H,10-12H2,1H3,(H2,22,23,24). The molecule has 6 nitrogen and oxygen atoms in total. The van der Waals surface area contributed by atoms with E-state index >= 15 is 0 Å². The Balaban J connectivity index is 1.51. The second-order valence-corrected chi connectivity index (χ2v) is 5.79. The molecule has 1 aliphatic heterocycles.